The molecule has 3 nitrogen and oxygen atoms in total. The number of hydrogen-bond acceptors (Lipinski definition) is 3. The highest BCUT2D eigenvalue weighted by Crippen LogP contribution is 2.25. The molecule has 0 amide bonds. The summed E-state index contributed by atoms with van der Waals surface area (Å²) in [6.07, 6.45) is 8.46. The molecule has 1 saturated carbocycles. The fourth-order valence-corrected chi connectivity index (χ4v) is 2.49. The predicted molar refractivity (Wildman–Crippen MR) is 65.9 cm³/mol. The number of alkyl halides is 1. The van der Waals surface area contributed by atoms with Crippen molar-refractivity contribution >= 4 is 17.6 Å². The second-order valence-electron chi connectivity index (χ2n) is 4.64. The first-order valence-corrected chi connectivity index (χ1v) is 6.54. The van der Waals surface area contributed by atoms with Gasteiger partial charge in [0.2, 0.25) is 0 Å². The maximum absolute atomic E-state index is 5.70. The monoisotopic (exact) mass is 242 g/mol. The average molecular weight is 243 g/mol. The summed E-state index contributed by atoms with van der Waals surface area (Å²) < 4.78 is 5.39. The number of aromatic nitrogens is 1. The van der Waals surface area contributed by atoms with Crippen molar-refractivity contribution in [2.45, 2.75) is 38.0 Å². The van der Waals surface area contributed by atoms with Gasteiger partial charge in [-0.2, -0.15) is 4.98 Å². The predicted octanol–water partition coefficient (Wildman–Crippen LogP) is 3.43. The molecule has 1 heterocycles. The molecule has 0 saturated heterocycles. The van der Waals surface area contributed by atoms with Crippen LogP contribution in [0.15, 0.2) is 10.7 Å². The van der Waals surface area contributed by atoms with Crippen molar-refractivity contribution in [1.82, 2.24) is 4.98 Å². The van der Waals surface area contributed by atoms with Gasteiger partial charge in [-0.1, -0.05) is 19.3 Å². The van der Waals surface area contributed by atoms with E-state index < -0.39 is 0 Å². The average Bonchev–Trinajstić information content (AvgIpc) is 2.79. The first kappa shape index (κ1) is 11.8. The Bertz CT molecular complexity index is 321. The van der Waals surface area contributed by atoms with Gasteiger partial charge >= 0.3 is 0 Å². The van der Waals surface area contributed by atoms with Gasteiger partial charge in [0.15, 0.2) is 0 Å². The Labute approximate surface area is 102 Å². The lowest BCUT2D eigenvalue weighted by atomic mass is 9.89. The van der Waals surface area contributed by atoms with E-state index in [0.717, 1.165) is 18.2 Å². The van der Waals surface area contributed by atoms with E-state index in [2.05, 4.69) is 9.88 Å². The van der Waals surface area contributed by atoms with Crippen LogP contribution in [0.4, 0.5) is 6.01 Å². The molecule has 4 heteroatoms. The van der Waals surface area contributed by atoms with Gasteiger partial charge in [0, 0.05) is 13.6 Å². The molecule has 0 atom stereocenters. The smallest absolute Gasteiger partial charge is 0.297 e. The minimum atomic E-state index is 0.417. The fourth-order valence-electron chi connectivity index (χ4n) is 2.37. The lowest BCUT2D eigenvalue weighted by Gasteiger charge is -2.25. The SMILES string of the molecule is CN(CC1CCCCC1)c1nc(CCl)co1. The summed E-state index contributed by atoms with van der Waals surface area (Å²) >= 11 is 5.70. The Hall–Kier alpha value is -0.700. The van der Waals surface area contributed by atoms with Crippen molar-refractivity contribution in [2.75, 3.05) is 18.5 Å². The molecule has 0 unspecified atom stereocenters. The van der Waals surface area contributed by atoms with Gasteiger partial charge in [-0.15, -0.1) is 11.6 Å². The lowest BCUT2D eigenvalue weighted by molar-refractivity contribution is 0.356. The Morgan fingerprint density at radius 3 is 2.81 bits per heavy atom. The van der Waals surface area contributed by atoms with Crippen molar-refractivity contribution in [3.63, 3.8) is 0 Å². The number of rotatable bonds is 4. The fraction of sp³-hybridized carbons (Fsp3) is 0.750. The van der Waals surface area contributed by atoms with Crippen molar-refractivity contribution < 1.29 is 4.42 Å². The van der Waals surface area contributed by atoms with E-state index in [1.165, 1.54) is 32.1 Å². The highest BCUT2D eigenvalue weighted by molar-refractivity contribution is 6.16. The van der Waals surface area contributed by atoms with E-state index in [1.807, 2.05) is 7.05 Å². The Morgan fingerprint density at radius 1 is 1.44 bits per heavy atom. The number of halogens is 1. The highest BCUT2D eigenvalue weighted by Gasteiger charge is 2.17. The molecule has 2 rings (SSSR count). The van der Waals surface area contributed by atoms with Crippen molar-refractivity contribution in [3.8, 4) is 0 Å². The Kier molecular flexibility index (Phi) is 4.10. The molecule has 1 fully saturated rings. The van der Waals surface area contributed by atoms with Crippen molar-refractivity contribution in [2.24, 2.45) is 5.92 Å². The van der Waals surface area contributed by atoms with Gasteiger partial charge in [-0.3, -0.25) is 0 Å². The van der Waals surface area contributed by atoms with Gasteiger partial charge < -0.3 is 9.32 Å². The summed E-state index contributed by atoms with van der Waals surface area (Å²) in [6.45, 7) is 1.04. The van der Waals surface area contributed by atoms with Crippen LogP contribution in [-0.4, -0.2) is 18.6 Å². The quantitative estimate of drug-likeness (QED) is 0.758. The molecule has 1 aliphatic carbocycles. The zero-order valence-corrected chi connectivity index (χ0v) is 10.5. The van der Waals surface area contributed by atoms with Gasteiger partial charge in [-0.25, -0.2) is 0 Å². The molecule has 1 aliphatic rings. The number of hydrogen-bond donors (Lipinski definition) is 0. The molecule has 1 aromatic rings. The minimum Gasteiger partial charge on any atom is -0.432 e. The molecule has 0 N–H and O–H groups in total. The van der Waals surface area contributed by atoms with Crippen LogP contribution in [0.2, 0.25) is 0 Å². The molecule has 0 aromatic carbocycles. The van der Waals surface area contributed by atoms with E-state index in [4.69, 9.17) is 16.0 Å². The van der Waals surface area contributed by atoms with Crippen LogP contribution in [0.5, 0.6) is 0 Å². The second-order valence-corrected chi connectivity index (χ2v) is 4.91. The summed E-state index contributed by atoms with van der Waals surface area (Å²) in [5, 5.41) is 0. The minimum absolute atomic E-state index is 0.417. The molecule has 0 aliphatic heterocycles. The third-order valence-electron chi connectivity index (χ3n) is 3.26. The van der Waals surface area contributed by atoms with Crippen LogP contribution < -0.4 is 4.90 Å². The van der Waals surface area contributed by atoms with Crippen LogP contribution >= 0.6 is 11.6 Å². The molecular formula is C12H19ClN2O. The maximum Gasteiger partial charge on any atom is 0.297 e. The third kappa shape index (κ3) is 2.91. The summed E-state index contributed by atoms with van der Waals surface area (Å²) in [5.74, 6) is 1.21. The Balaban J connectivity index is 1.88. The van der Waals surface area contributed by atoms with E-state index in [-0.39, 0.29) is 0 Å². The van der Waals surface area contributed by atoms with E-state index in [9.17, 15) is 0 Å². The lowest BCUT2D eigenvalue weighted by Crippen LogP contribution is -2.27. The number of anilines is 1. The third-order valence-corrected chi connectivity index (χ3v) is 3.53. The van der Waals surface area contributed by atoms with Crippen molar-refractivity contribution in [1.29, 1.82) is 0 Å². The zero-order valence-electron chi connectivity index (χ0n) is 9.79. The van der Waals surface area contributed by atoms with Crippen molar-refractivity contribution in [3.05, 3.63) is 12.0 Å². The summed E-state index contributed by atoms with van der Waals surface area (Å²) in [5.41, 5.74) is 0.812. The summed E-state index contributed by atoms with van der Waals surface area (Å²) in [7, 11) is 2.04. The van der Waals surface area contributed by atoms with Crippen LogP contribution in [0.25, 0.3) is 0 Å². The maximum atomic E-state index is 5.70. The first-order chi connectivity index (χ1) is 7.79. The Morgan fingerprint density at radius 2 is 2.19 bits per heavy atom. The number of nitrogens with zero attached hydrogens (tertiary/aromatic N) is 2. The van der Waals surface area contributed by atoms with Crippen LogP contribution in [0, 0.1) is 5.92 Å². The molecule has 16 heavy (non-hydrogen) atoms. The topological polar surface area (TPSA) is 29.3 Å². The zero-order chi connectivity index (χ0) is 11.4. The van der Waals surface area contributed by atoms with Crippen LogP contribution in [0.1, 0.15) is 37.8 Å². The molecular weight excluding hydrogens is 224 g/mol. The van der Waals surface area contributed by atoms with Gasteiger partial charge in [0.05, 0.1) is 11.6 Å². The van der Waals surface area contributed by atoms with Crippen LogP contribution in [-0.2, 0) is 5.88 Å². The molecule has 0 bridgehead atoms. The van der Waals surface area contributed by atoms with Gasteiger partial charge in [0.1, 0.15) is 6.26 Å². The molecule has 0 spiro atoms. The molecule has 0 radical (unpaired) electrons. The summed E-state index contributed by atoms with van der Waals surface area (Å²) in [4.78, 5) is 6.42. The normalized spacial score (nSPS) is 17.6. The molecule has 90 valence electrons. The van der Waals surface area contributed by atoms with Gasteiger partial charge in [-0.05, 0) is 18.8 Å². The molecule has 1 aromatic heterocycles. The first-order valence-electron chi connectivity index (χ1n) is 6.01. The van der Waals surface area contributed by atoms with E-state index in [0.29, 0.717) is 11.9 Å². The van der Waals surface area contributed by atoms with E-state index >= 15 is 0 Å². The van der Waals surface area contributed by atoms with E-state index in [1.54, 1.807) is 6.26 Å². The number of oxazole rings is 1. The highest BCUT2D eigenvalue weighted by atomic mass is 35.5. The largest absolute Gasteiger partial charge is 0.432 e. The summed E-state index contributed by atoms with van der Waals surface area (Å²) in [6, 6.07) is 0.696. The van der Waals surface area contributed by atoms with Gasteiger partial charge in [0.25, 0.3) is 6.01 Å². The standard InChI is InChI=1S/C12H19ClN2O/c1-15(8-10-5-3-2-4-6-10)12-14-11(7-13)9-16-12/h9-10H,2-8H2,1H3. The van der Waals surface area contributed by atoms with Crippen LogP contribution in [0.3, 0.4) is 0 Å². The second kappa shape index (κ2) is 5.58.